The van der Waals surface area contributed by atoms with E-state index >= 15 is 0 Å². The molecule has 3 aromatic rings. The predicted octanol–water partition coefficient (Wildman–Crippen LogP) is 3.27. The SMILES string of the molecule is Cc1cc(C(F)(F)F)nc(CNc2nccc(-c3ccccn3)n2)n1. The van der Waals surface area contributed by atoms with Crippen LogP contribution in [0.3, 0.4) is 0 Å². The molecule has 128 valence electrons. The van der Waals surface area contributed by atoms with E-state index < -0.39 is 11.9 Å². The molecule has 0 saturated carbocycles. The lowest BCUT2D eigenvalue weighted by atomic mass is 10.2. The van der Waals surface area contributed by atoms with Crippen LogP contribution in [0.25, 0.3) is 11.4 Å². The van der Waals surface area contributed by atoms with Crippen LogP contribution in [-0.4, -0.2) is 24.9 Å². The Labute approximate surface area is 141 Å². The fourth-order valence-corrected chi connectivity index (χ4v) is 2.11. The van der Waals surface area contributed by atoms with Crippen LogP contribution in [0.1, 0.15) is 17.2 Å². The molecular formula is C16H13F3N6. The lowest BCUT2D eigenvalue weighted by molar-refractivity contribution is -0.141. The number of aryl methyl sites for hydroxylation is 1. The monoisotopic (exact) mass is 346 g/mol. The zero-order valence-corrected chi connectivity index (χ0v) is 13.1. The second kappa shape index (κ2) is 6.80. The van der Waals surface area contributed by atoms with Crippen LogP contribution in [-0.2, 0) is 12.7 Å². The van der Waals surface area contributed by atoms with Crippen LogP contribution in [0.5, 0.6) is 0 Å². The fraction of sp³-hybridized carbons (Fsp3) is 0.188. The smallest absolute Gasteiger partial charge is 0.347 e. The number of aromatic nitrogens is 5. The summed E-state index contributed by atoms with van der Waals surface area (Å²) in [4.78, 5) is 20.1. The van der Waals surface area contributed by atoms with Crippen molar-refractivity contribution in [3.8, 4) is 11.4 Å². The summed E-state index contributed by atoms with van der Waals surface area (Å²) < 4.78 is 38.4. The highest BCUT2D eigenvalue weighted by Gasteiger charge is 2.33. The Balaban J connectivity index is 1.77. The molecule has 0 fully saturated rings. The van der Waals surface area contributed by atoms with Gasteiger partial charge in [-0.15, -0.1) is 0 Å². The number of nitrogens with zero attached hydrogens (tertiary/aromatic N) is 5. The third kappa shape index (κ3) is 4.25. The Morgan fingerprint density at radius 3 is 2.52 bits per heavy atom. The van der Waals surface area contributed by atoms with Crippen molar-refractivity contribution in [3.63, 3.8) is 0 Å². The van der Waals surface area contributed by atoms with Crippen LogP contribution >= 0.6 is 0 Å². The first kappa shape index (κ1) is 16.7. The largest absolute Gasteiger partial charge is 0.433 e. The summed E-state index contributed by atoms with van der Waals surface area (Å²) in [7, 11) is 0. The summed E-state index contributed by atoms with van der Waals surface area (Å²) in [5, 5.41) is 2.83. The van der Waals surface area contributed by atoms with E-state index in [1.54, 1.807) is 24.4 Å². The summed E-state index contributed by atoms with van der Waals surface area (Å²) in [5.41, 5.74) is 0.528. The van der Waals surface area contributed by atoms with Crippen molar-refractivity contribution < 1.29 is 13.2 Å². The van der Waals surface area contributed by atoms with Gasteiger partial charge < -0.3 is 5.32 Å². The second-order valence-electron chi connectivity index (χ2n) is 5.14. The quantitative estimate of drug-likeness (QED) is 0.781. The van der Waals surface area contributed by atoms with Gasteiger partial charge in [0.25, 0.3) is 0 Å². The molecule has 25 heavy (non-hydrogen) atoms. The molecule has 0 aromatic carbocycles. The van der Waals surface area contributed by atoms with E-state index in [2.05, 4.69) is 30.2 Å². The first-order valence-electron chi connectivity index (χ1n) is 7.32. The van der Waals surface area contributed by atoms with E-state index in [1.807, 2.05) is 6.07 Å². The summed E-state index contributed by atoms with van der Waals surface area (Å²) >= 11 is 0. The lowest BCUT2D eigenvalue weighted by Crippen LogP contribution is -2.14. The molecule has 0 spiro atoms. The summed E-state index contributed by atoms with van der Waals surface area (Å²) in [6.45, 7) is 1.45. The van der Waals surface area contributed by atoms with Gasteiger partial charge in [-0.2, -0.15) is 13.2 Å². The first-order chi connectivity index (χ1) is 11.9. The molecule has 0 radical (unpaired) electrons. The maximum atomic E-state index is 12.8. The highest BCUT2D eigenvalue weighted by Crippen LogP contribution is 2.27. The van der Waals surface area contributed by atoms with Crippen molar-refractivity contribution >= 4 is 5.95 Å². The number of hydrogen-bond donors (Lipinski definition) is 1. The molecule has 0 aliphatic rings. The molecule has 0 aliphatic heterocycles. The van der Waals surface area contributed by atoms with Gasteiger partial charge >= 0.3 is 6.18 Å². The van der Waals surface area contributed by atoms with Crippen LogP contribution in [0.2, 0.25) is 0 Å². The van der Waals surface area contributed by atoms with Gasteiger partial charge in [0, 0.05) is 18.1 Å². The van der Waals surface area contributed by atoms with Crippen molar-refractivity contribution in [1.82, 2.24) is 24.9 Å². The minimum atomic E-state index is -4.52. The molecule has 0 saturated heterocycles. The van der Waals surface area contributed by atoms with Crippen molar-refractivity contribution in [2.45, 2.75) is 19.6 Å². The number of hydrogen-bond acceptors (Lipinski definition) is 6. The van der Waals surface area contributed by atoms with Crippen LogP contribution < -0.4 is 5.32 Å². The Kier molecular flexibility index (Phi) is 4.55. The molecule has 1 N–H and O–H groups in total. The Hall–Kier alpha value is -3.10. The van der Waals surface area contributed by atoms with E-state index in [9.17, 15) is 13.2 Å². The number of rotatable bonds is 4. The van der Waals surface area contributed by atoms with Crippen LogP contribution in [0, 0.1) is 6.92 Å². The fourth-order valence-electron chi connectivity index (χ4n) is 2.11. The standard InChI is InChI=1S/C16H13F3N6/c1-10-8-13(16(17,18)19)25-14(23-10)9-22-15-21-7-5-12(24-15)11-4-2-3-6-20-11/h2-8H,9H2,1H3,(H,21,22,24). The number of halogens is 3. The average molecular weight is 346 g/mol. The maximum absolute atomic E-state index is 12.8. The zero-order chi connectivity index (χ0) is 17.9. The van der Waals surface area contributed by atoms with Gasteiger partial charge in [-0.05, 0) is 31.2 Å². The van der Waals surface area contributed by atoms with Gasteiger partial charge in [-0.1, -0.05) is 6.07 Å². The topological polar surface area (TPSA) is 76.5 Å². The molecule has 0 atom stereocenters. The third-order valence-electron chi connectivity index (χ3n) is 3.18. The molecule has 0 bridgehead atoms. The third-order valence-corrected chi connectivity index (χ3v) is 3.18. The van der Waals surface area contributed by atoms with Crippen molar-refractivity contribution in [2.75, 3.05) is 5.32 Å². The van der Waals surface area contributed by atoms with E-state index in [0.717, 1.165) is 6.07 Å². The average Bonchev–Trinajstić information content (AvgIpc) is 2.60. The van der Waals surface area contributed by atoms with Crippen molar-refractivity contribution in [3.05, 3.63) is 59.9 Å². The Morgan fingerprint density at radius 1 is 0.960 bits per heavy atom. The first-order valence-corrected chi connectivity index (χ1v) is 7.32. The van der Waals surface area contributed by atoms with Gasteiger partial charge in [0.1, 0.15) is 11.5 Å². The normalized spacial score (nSPS) is 11.4. The van der Waals surface area contributed by atoms with Gasteiger partial charge in [0.05, 0.1) is 17.9 Å². The zero-order valence-electron chi connectivity index (χ0n) is 13.1. The van der Waals surface area contributed by atoms with Gasteiger partial charge in [-0.3, -0.25) is 4.98 Å². The number of pyridine rings is 1. The van der Waals surface area contributed by atoms with E-state index in [0.29, 0.717) is 11.4 Å². The minimum Gasteiger partial charge on any atom is -0.347 e. The van der Waals surface area contributed by atoms with Crippen molar-refractivity contribution in [1.29, 1.82) is 0 Å². The summed E-state index contributed by atoms with van der Waals surface area (Å²) in [5.74, 6) is 0.265. The second-order valence-corrected chi connectivity index (χ2v) is 5.14. The highest BCUT2D eigenvalue weighted by atomic mass is 19.4. The van der Waals surface area contributed by atoms with Gasteiger partial charge in [0.2, 0.25) is 5.95 Å². The molecule has 6 nitrogen and oxygen atoms in total. The highest BCUT2D eigenvalue weighted by molar-refractivity contribution is 5.54. The van der Waals surface area contributed by atoms with Crippen molar-refractivity contribution in [2.24, 2.45) is 0 Å². The number of alkyl halides is 3. The maximum Gasteiger partial charge on any atom is 0.433 e. The Bertz CT molecular complexity index is 867. The van der Waals surface area contributed by atoms with E-state index in [-0.39, 0.29) is 24.0 Å². The molecule has 3 rings (SSSR count). The molecule has 0 amide bonds. The van der Waals surface area contributed by atoms with Crippen LogP contribution in [0.15, 0.2) is 42.7 Å². The van der Waals surface area contributed by atoms with Gasteiger partial charge in [0.15, 0.2) is 0 Å². The lowest BCUT2D eigenvalue weighted by Gasteiger charge is -2.10. The van der Waals surface area contributed by atoms with E-state index in [4.69, 9.17) is 0 Å². The van der Waals surface area contributed by atoms with Crippen LogP contribution in [0.4, 0.5) is 19.1 Å². The minimum absolute atomic E-state index is 0.0131. The van der Waals surface area contributed by atoms with E-state index in [1.165, 1.54) is 13.1 Å². The molecule has 9 heteroatoms. The molecular weight excluding hydrogens is 333 g/mol. The number of nitrogens with one attached hydrogen (secondary N) is 1. The number of anilines is 1. The molecule has 0 aliphatic carbocycles. The van der Waals surface area contributed by atoms with Gasteiger partial charge in [-0.25, -0.2) is 19.9 Å². The molecule has 3 heterocycles. The summed E-state index contributed by atoms with van der Waals surface area (Å²) in [6.07, 6.45) is -1.33. The predicted molar refractivity (Wildman–Crippen MR) is 84.4 cm³/mol. The Morgan fingerprint density at radius 2 is 1.80 bits per heavy atom. The molecule has 3 aromatic heterocycles. The molecule has 0 unspecified atom stereocenters. The summed E-state index contributed by atoms with van der Waals surface area (Å²) in [6, 6.07) is 8.01.